The summed E-state index contributed by atoms with van der Waals surface area (Å²) in [7, 11) is 0. The summed E-state index contributed by atoms with van der Waals surface area (Å²) in [6, 6.07) is 6.23. The Morgan fingerprint density at radius 2 is 0.830 bits per heavy atom. The number of fused-ring (bicyclic) bond motifs is 4. The first-order chi connectivity index (χ1) is 49.4. The number of thiazole rings is 3. The van der Waals surface area contributed by atoms with Crippen LogP contribution < -0.4 is 31.9 Å². The third kappa shape index (κ3) is 19.4. The molecule has 0 radical (unpaired) electrons. The maximum absolute atomic E-state index is 14.0. The van der Waals surface area contributed by atoms with Crippen LogP contribution >= 0.6 is 34.0 Å². The maximum atomic E-state index is 14.0. The first-order valence-corrected chi connectivity index (χ1v) is 39.5. The lowest BCUT2D eigenvalue weighted by Crippen LogP contribution is -2.41. The number of carbonyl (C=O) groups is 6. The summed E-state index contributed by atoms with van der Waals surface area (Å²) in [4.78, 5) is 113. The smallest absolute Gasteiger partial charge is 0.280 e. The quantitative estimate of drug-likeness (QED) is 0.0288. The van der Waals surface area contributed by atoms with Gasteiger partial charge in [-0.25, -0.2) is 38.7 Å². The van der Waals surface area contributed by atoms with Gasteiger partial charge in [0.2, 0.25) is 0 Å². The first kappa shape index (κ1) is 80.8. The number of aryl methyl sites for hydroxylation is 3. The number of pyridine rings is 3. The topological polar surface area (TPSA) is 322 Å². The van der Waals surface area contributed by atoms with Crippen molar-refractivity contribution in [1.29, 1.82) is 0 Å². The molecule has 6 amide bonds. The highest BCUT2D eigenvalue weighted by Crippen LogP contribution is 2.45. The Morgan fingerprint density at radius 1 is 0.519 bits per heavy atom. The Hall–Kier alpha value is -7.70. The molecule has 6 aromatic heterocycles. The van der Waals surface area contributed by atoms with Crippen LogP contribution in [0.1, 0.15) is 264 Å². The number of hydrogen-bond acceptors (Lipinski definition) is 21. The van der Waals surface area contributed by atoms with E-state index < -0.39 is 59.5 Å². The van der Waals surface area contributed by atoms with Gasteiger partial charge in [-0.3, -0.25) is 28.8 Å². The van der Waals surface area contributed by atoms with Gasteiger partial charge in [0, 0.05) is 108 Å². The maximum Gasteiger partial charge on any atom is 0.280 e. The Bertz CT molecular complexity index is 4050. The summed E-state index contributed by atoms with van der Waals surface area (Å²) in [5.74, 6) is -2.90. The Kier molecular flexibility index (Phi) is 24.0. The zero-order chi connectivity index (χ0) is 77.6. The monoisotopic (exact) mass is 1520 g/mol. The number of likely N-dealkylation sites (tertiary alicyclic amines) is 1. The fraction of sp³-hybridized carbons (Fsp3) is 0.610. The Labute approximate surface area is 633 Å². The van der Waals surface area contributed by atoms with Gasteiger partial charge in [-0.1, -0.05) is 13.8 Å². The number of nitrogens with zero attached hydrogens (tertiary/aromatic N) is 9. The summed E-state index contributed by atoms with van der Waals surface area (Å²) in [5, 5.41) is 48.8. The normalized spacial score (nSPS) is 20.1. The molecular weight excluding hydrogens is 1410 g/mol. The zero-order valence-electron chi connectivity index (χ0n) is 64.4. The van der Waals surface area contributed by atoms with Crippen molar-refractivity contribution in [2.45, 2.75) is 277 Å². The van der Waals surface area contributed by atoms with Crippen molar-refractivity contribution < 1.29 is 52.9 Å². The molecule has 24 nitrogen and oxygen atoms in total. The molecule has 576 valence electrons. The van der Waals surface area contributed by atoms with Crippen molar-refractivity contribution in [1.82, 2.24) is 60.6 Å². The van der Waals surface area contributed by atoms with Crippen molar-refractivity contribution in [2.24, 2.45) is 0 Å². The molecule has 6 fully saturated rings. The van der Waals surface area contributed by atoms with E-state index in [1.165, 1.54) is 29.1 Å². The lowest BCUT2D eigenvalue weighted by atomic mass is 9.78. The number of halogens is 2. The molecule has 106 heavy (non-hydrogen) atoms. The van der Waals surface area contributed by atoms with Gasteiger partial charge in [-0.2, -0.15) is 0 Å². The molecule has 9 N–H and O–H groups in total. The molecule has 0 aromatic carbocycles. The fourth-order valence-electron chi connectivity index (χ4n) is 14.1. The minimum atomic E-state index is -2.98. The average Bonchev–Trinajstić information content (AvgIpc) is 1.60. The molecule has 29 heteroatoms. The lowest BCUT2D eigenvalue weighted by molar-refractivity contribution is 0.0117. The predicted octanol–water partition coefficient (Wildman–Crippen LogP) is 13.0. The molecule has 6 aromatic rings. The van der Waals surface area contributed by atoms with Crippen LogP contribution in [-0.4, -0.2) is 191 Å². The number of anilines is 3. The molecule has 11 heterocycles. The minimum absolute atomic E-state index is 0.00456. The van der Waals surface area contributed by atoms with E-state index in [1.807, 2.05) is 48.8 Å². The van der Waals surface area contributed by atoms with Crippen molar-refractivity contribution in [3.05, 3.63) is 85.6 Å². The van der Waals surface area contributed by atoms with Crippen LogP contribution in [0.2, 0.25) is 0 Å². The van der Waals surface area contributed by atoms with Crippen molar-refractivity contribution in [2.75, 3.05) is 42.1 Å². The average molecular weight is 1520 g/mol. The van der Waals surface area contributed by atoms with E-state index >= 15 is 0 Å². The highest BCUT2D eigenvalue weighted by molar-refractivity contribution is 7.18. The molecule has 4 bridgehead atoms. The number of alkyl halides is 2. The van der Waals surface area contributed by atoms with E-state index in [2.05, 4.69) is 110 Å². The van der Waals surface area contributed by atoms with E-state index in [0.29, 0.717) is 37.4 Å². The van der Waals surface area contributed by atoms with E-state index in [-0.39, 0.29) is 98.9 Å². The van der Waals surface area contributed by atoms with Gasteiger partial charge in [0.25, 0.3) is 41.4 Å². The zero-order valence-corrected chi connectivity index (χ0v) is 66.8. The third-order valence-electron chi connectivity index (χ3n) is 20.9. The predicted molar refractivity (Wildman–Crippen MR) is 412 cm³/mol. The fourth-order valence-corrected chi connectivity index (χ4v) is 17.2. The van der Waals surface area contributed by atoms with Crippen molar-refractivity contribution in [3.8, 4) is 31.3 Å². The van der Waals surface area contributed by atoms with E-state index in [9.17, 15) is 52.9 Å². The second kappa shape index (κ2) is 31.5. The number of nitrogens with one attached hydrogen (secondary N) is 6. The largest absolute Gasteiger partial charge is 0.389 e. The number of hydrogen-bond donors (Lipinski definition) is 9. The number of aliphatic hydroxyl groups is 3. The molecular formula is C77H107F2N15O9S3. The summed E-state index contributed by atoms with van der Waals surface area (Å²) in [6.45, 7) is 31.3. The second-order valence-corrected chi connectivity index (χ2v) is 36.2. The summed E-state index contributed by atoms with van der Waals surface area (Å²) >= 11 is 3.42. The molecule has 0 spiro atoms. The van der Waals surface area contributed by atoms with Crippen LogP contribution in [0.15, 0.2) is 36.8 Å². The first-order valence-electron chi connectivity index (χ1n) is 37.1. The van der Waals surface area contributed by atoms with Crippen LogP contribution in [0.4, 0.5) is 26.2 Å². The second-order valence-electron chi connectivity index (χ2n) is 33.2. The van der Waals surface area contributed by atoms with Crippen molar-refractivity contribution in [3.63, 3.8) is 0 Å². The molecule has 1 atom stereocenters. The Balaban J connectivity index is 0.000000170. The summed E-state index contributed by atoms with van der Waals surface area (Å²) < 4.78 is 28.1. The number of carbonyl (C=O) groups excluding carboxylic acids is 6. The Morgan fingerprint density at radius 3 is 1.10 bits per heavy atom. The van der Waals surface area contributed by atoms with Crippen LogP contribution in [0, 0.1) is 20.8 Å². The highest BCUT2D eigenvalue weighted by Gasteiger charge is 2.48. The van der Waals surface area contributed by atoms with Crippen LogP contribution in [0.5, 0.6) is 0 Å². The third-order valence-corrected chi connectivity index (χ3v) is 24.2. The van der Waals surface area contributed by atoms with Crippen molar-refractivity contribution >= 4 is 86.9 Å². The van der Waals surface area contributed by atoms with Gasteiger partial charge in [0.15, 0.2) is 15.0 Å². The van der Waals surface area contributed by atoms with Gasteiger partial charge < -0.3 is 61.9 Å². The molecule has 0 unspecified atom stereocenters. The lowest BCUT2D eigenvalue weighted by Gasteiger charge is -2.39. The van der Waals surface area contributed by atoms with Crippen LogP contribution in [0.3, 0.4) is 0 Å². The van der Waals surface area contributed by atoms with Gasteiger partial charge in [-0.05, 0) is 222 Å². The molecule has 12 rings (SSSR count). The number of rotatable bonds is 23. The number of amides is 6. The van der Waals surface area contributed by atoms with Gasteiger partial charge in [0.1, 0.15) is 34.5 Å². The minimum Gasteiger partial charge on any atom is -0.389 e. The van der Waals surface area contributed by atoms with E-state index in [4.69, 9.17) is 0 Å². The molecule has 5 aliphatic heterocycles. The number of aromatic nitrogens is 6. The van der Waals surface area contributed by atoms with E-state index in [1.54, 1.807) is 67.1 Å². The van der Waals surface area contributed by atoms with Crippen LogP contribution in [0.25, 0.3) is 31.3 Å². The highest BCUT2D eigenvalue weighted by atomic mass is 32.1. The van der Waals surface area contributed by atoms with Crippen LogP contribution in [-0.2, 0) is 0 Å². The summed E-state index contributed by atoms with van der Waals surface area (Å²) in [6.07, 6.45) is 18.3. The van der Waals surface area contributed by atoms with E-state index in [0.717, 1.165) is 133 Å². The molecule has 5 saturated heterocycles. The molecule has 1 aliphatic carbocycles. The summed E-state index contributed by atoms with van der Waals surface area (Å²) in [5.41, 5.74) is 2.16. The standard InChI is InChI=1S/C26H35N5O3S.C26H37N5O3S.C25H35F2N5O3S/c1-15-12-19(30-26(4)10-5-11-26)27-13-18(15)21-20(24(33)31-16-6-7-17(31)9-8-16)29-23(35-21)22(32)28-14-25(2,3)34;1-7-25(3,4)30-19-12-15(2)18(13-27-19)21-20(24(33)31-16-8-9-17(31)11-10-16)29-23(35-21)22(32)28-14-26(5,6)34;1-8-23(4,5)31-17-9-14(2)16(11-28-17)19-18(22(34)32-13-25(26,27)10-15(32)3)30-21(36-19)20(33)29-12-24(6,7)35/h12-13,16-17,34H,5-11,14H2,1-4H3,(H,27,30)(H,28,32);12-13,16-17,34H,7-11,14H2,1-6H3,(H,27,30)(H,28,32);9,11,15,35H,8,10,12-13H2,1-7H3,(H,28,31)(H,29,33)/t;;15-/m..0/s1. The SMILES string of the molecule is CCC(C)(C)Nc1cc(C)c(-c2sc(C(=O)NCC(C)(C)O)nc2C(=O)N2C3CCC2CC3)cn1.CCC(C)(C)Nc1cc(C)c(-c2sc(C(=O)NCC(C)(C)O)nc2C(=O)N2CC(F)(F)C[C@@H]2C)cn1.Cc1cc(NC2(C)CCC2)ncc1-c1sc(C(=O)NCC(C)(C)O)nc1C(=O)N1C2CCC1CC2. The molecule has 1 saturated carbocycles. The van der Waals surface area contributed by atoms with Gasteiger partial charge in [-0.15, -0.1) is 34.0 Å². The van der Waals surface area contributed by atoms with Gasteiger partial charge >= 0.3 is 0 Å². The molecule has 6 aliphatic rings. The van der Waals surface area contributed by atoms with Gasteiger partial charge in [0.05, 0.1) is 38.0 Å².